The molecule has 4 nitrogen and oxygen atoms in total. The monoisotopic (exact) mass is 261 g/mol. The Bertz CT molecular complexity index is 476. The number of carbonyl (C=O) groups excluding carboxylic acids is 2. The maximum Gasteiger partial charge on any atom is 0.417 e. The lowest BCUT2D eigenvalue weighted by molar-refractivity contribution is -0.131. The average Bonchev–Trinajstić information content (AvgIpc) is 2.70. The van der Waals surface area contributed by atoms with Crippen LogP contribution in [0.15, 0.2) is 30.3 Å². The summed E-state index contributed by atoms with van der Waals surface area (Å²) in [4.78, 5) is 25.3. The van der Waals surface area contributed by atoms with Gasteiger partial charge in [-0.1, -0.05) is 51.1 Å². The molecule has 4 heteroatoms. The molecule has 0 saturated carbocycles. The summed E-state index contributed by atoms with van der Waals surface area (Å²) in [5, 5.41) is 0. The molecule has 0 radical (unpaired) electrons. The lowest BCUT2D eigenvalue weighted by atomic mass is 9.91. The third-order valence-electron chi connectivity index (χ3n) is 3.01. The molecule has 0 bridgehead atoms. The third kappa shape index (κ3) is 3.13. The molecule has 1 atom stereocenters. The van der Waals surface area contributed by atoms with E-state index in [1.165, 1.54) is 4.90 Å². The standard InChI is InChI=1S/C15H19NO3/c1-15(2,3)9-13(17)16-12(10-19-14(16)18)11-7-5-4-6-8-11/h4-8,12H,9-10H2,1-3H3/t12-/m0/s1. The van der Waals surface area contributed by atoms with Crippen molar-refractivity contribution in [3.8, 4) is 0 Å². The van der Waals surface area contributed by atoms with E-state index < -0.39 is 6.09 Å². The molecule has 1 saturated heterocycles. The van der Waals surface area contributed by atoms with Crippen molar-refractivity contribution >= 4 is 12.0 Å². The number of cyclic esters (lactones) is 1. The van der Waals surface area contributed by atoms with Gasteiger partial charge in [0.1, 0.15) is 12.6 Å². The molecule has 1 aromatic rings. The Hall–Kier alpha value is -1.84. The highest BCUT2D eigenvalue weighted by Gasteiger charge is 2.39. The number of ether oxygens (including phenoxy) is 1. The zero-order valence-electron chi connectivity index (χ0n) is 11.6. The van der Waals surface area contributed by atoms with Crippen LogP contribution < -0.4 is 0 Å². The summed E-state index contributed by atoms with van der Waals surface area (Å²) in [5.41, 5.74) is 0.775. The molecule has 0 N–H and O–H groups in total. The zero-order chi connectivity index (χ0) is 14.0. The van der Waals surface area contributed by atoms with Crippen LogP contribution in [0, 0.1) is 5.41 Å². The summed E-state index contributed by atoms with van der Waals surface area (Å²) in [7, 11) is 0. The highest BCUT2D eigenvalue weighted by molar-refractivity contribution is 5.94. The van der Waals surface area contributed by atoms with E-state index in [0.29, 0.717) is 6.42 Å². The van der Waals surface area contributed by atoms with Crippen molar-refractivity contribution in [3.63, 3.8) is 0 Å². The molecule has 1 fully saturated rings. The molecule has 102 valence electrons. The summed E-state index contributed by atoms with van der Waals surface area (Å²) in [6.45, 7) is 6.16. The van der Waals surface area contributed by atoms with E-state index in [9.17, 15) is 9.59 Å². The van der Waals surface area contributed by atoms with E-state index in [1.54, 1.807) is 0 Å². The van der Waals surface area contributed by atoms with Gasteiger partial charge >= 0.3 is 6.09 Å². The number of imide groups is 1. The van der Waals surface area contributed by atoms with Gasteiger partial charge in [0, 0.05) is 6.42 Å². The summed E-state index contributed by atoms with van der Waals surface area (Å²) in [6.07, 6.45) is -0.214. The van der Waals surface area contributed by atoms with E-state index >= 15 is 0 Å². The number of carbonyl (C=O) groups is 2. The van der Waals surface area contributed by atoms with Gasteiger partial charge in [-0.2, -0.15) is 0 Å². The molecule has 1 aromatic carbocycles. The van der Waals surface area contributed by atoms with Crippen molar-refractivity contribution in [2.45, 2.75) is 33.2 Å². The smallest absolute Gasteiger partial charge is 0.417 e. The Morgan fingerprint density at radius 3 is 2.53 bits per heavy atom. The van der Waals surface area contributed by atoms with Crippen LogP contribution in [-0.4, -0.2) is 23.5 Å². The summed E-state index contributed by atoms with van der Waals surface area (Å²) in [5.74, 6) is -0.177. The zero-order valence-corrected chi connectivity index (χ0v) is 11.6. The minimum absolute atomic E-state index is 0.152. The van der Waals surface area contributed by atoms with Gasteiger partial charge in [-0.25, -0.2) is 9.69 Å². The molecule has 1 heterocycles. The number of hydrogen-bond donors (Lipinski definition) is 0. The van der Waals surface area contributed by atoms with Crippen molar-refractivity contribution in [1.29, 1.82) is 0 Å². The lowest BCUT2D eigenvalue weighted by Crippen LogP contribution is -2.36. The SMILES string of the molecule is CC(C)(C)CC(=O)N1C(=O)OC[C@H]1c1ccccc1. The van der Waals surface area contributed by atoms with Gasteiger partial charge in [0.15, 0.2) is 0 Å². The van der Waals surface area contributed by atoms with Crippen LogP contribution in [0.3, 0.4) is 0 Å². The summed E-state index contributed by atoms with van der Waals surface area (Å²) in [6, 6.07) is 9.20. The van der Waals surface area contributed by atoms with Crippen LogP contribution in [0.2, 0.25) is 0 Å². The first-order valence-electron chi connectivity index (χ1n) is 6.42. The average molecular weight is 261 g/mol. The van der Waals surface area contributed by atoms with Crippen molar-refractivity contribution in [1.82, 2.24) is 4.90 Å². The predicted octanol–water partition coefficient (Wildman–Crippen LogP) is 3.14. The lowest BCUT2D eigenvalue weighted by Gasteiger charge is -2.24. The highest BCUT2D eigenvalue weighted by atomic mass is 16.6. The van der Waals surface area contributed by atoms with Crippen LogP contribution in [-0.2, 0) is 9.53 Å². The number of hydrogen-bond acceptors (Lipinski definition) is 3. The first-order valence-corrected chi connectivity index (χ1v) is 6.42. The van der Waals surface area contributed by atoms with Crippen LogP contribution >= 0.6 is 0 Å². The van der Waals surface area contributed by atoms with Crippen molar-refractivity contribution in [2.75, 3.05) is 6.61 Å². The maximum absolute atomic E-state index is 12.3. The Labute approximate surface area is 113 Å². The van der Waals surface area contributed by atoms with Gasteiger partial charge < -0.3 is 4.74 Å². The van der Waals surface area contributed by atoms with E-state index in [-0.39, 0.29) is 24.0 Å². The van der Waals surface area contributed by atoms with Gasteiger partial charge in [0.05, 0.1) is 0 Å². The molecule has 2 amide bonds. The number of nitrogens with zero attached hydrogens (tertiary/aromatic N) is 1. The normalized spacial score (nSPS) is 19.4. The van der Waals surface area contributed by atoms with E-state index in [4.69, 9.17) is 4.74 Å². The Morgan fingerprint density at radius 2 is 1.95 bits per heavy atom. The summed E-state index contributed by atoms with van der Waals surface area (Å²) < 4.78 is 5.03. The molecule has 0 unspecified atom stereocenters. The number of benzene rings is 1. The summed E-state index contributed by atoms with van der Waals surface area (Å²) >= 11 is 0. The van der Waals surface area contributed by atoms with E-state index in [1.807, 2.05) is 51.1 Å². The molecule has 2 rings (SSSR count). The molecule has 1 aliphatic rings. The Kier molecular flexibility index (Phi) is 3.60. The van der Waals surface area contributed by atoms with Gasteiger partial charge in [-0.15, -0.1) is 0 Å². The fourth-order valence-electron chi connectivity index (χ4n) is 2.16. The fraction of sp³-hybridized carbons (Fsp3) is 0.467. The van der Waals surface area contributed by atoms with E-state index in [2.05, 4.69) is 0 Å². The molecule has 19 heavy (non-hydrogen) atoms. The third-order valence-corrected chi connectivity index (χ3v) is 3.01. The second-order valence-corrected chi connectivity index (χ2v) is 6.00. The minimum atomic E-state index is -0.539. The van der Waals surface area contributed by atoms with Gasteiger partial charge in [0.2, 0.25) is 5.91 Å². The molecular formula is C15H19NO3. The van der Waals surface area contributed by atoms with Crippen molar-refractivity contribution in [2.24, 2.45) is 5.41 Å². The highest BCUT2D eigenvalue weighted by Crippen LogP contribution is 2.30. The van der Waals surface area contributed by atoms with E-state index in [0.717, 1.165) is 5.56 Å². The van der Waals surface area contributed by atoms with Crippen LogP contribution in [0.4, 0.5) is 4.79 Å². The van der Waals surface area contributed by atoms with Crippen molar-refractivity contribution < 1.29 is 14.3 Å². The fourth-order valence-corrected chi connectivity index (χ4v) is 2.16. The van der Waals surface area contributed by atoms with Gasteiger partial charge in [0.25, 0.3) is 0 Å². The van der Waals surface area contributed by atoms with Crippen LogP contribution in [0.5, 0.6) is 0 Å². The first kappa shape index (κ1) is 13.6. The topological polar surface area (TPSA) is 46.6 Å². The number of rotatable bonds is 2. The second-order valence-electron chi connectivity index (χ2n) is 6.00. The first-order chi connectivity index (χ1) is 8.88. The minimum Gasteiger partial charge on any atom is -0.446 e. The second kappa shape index (κ2) is 5.03. The number of amides is 2. The Balaban J connectivity index is 2.21. The quantitative estimate of drug-likeness (QED) is 0.821. The largest absolute Gasteiger partial charge is 0.446 e. The predicted molar refractivity (Wildman–Crippen MR) is 71.4 cm³/mol. The van der Waals surface area contributed by atoms with Gasteiger partial charge in [-0.3, -0.25) is 4.79 Å². The Morgan fingerprint density at radius 1 is 1.32 bits per heavy atom. The van der Waals surface area contributed by atoms with Crippen LogP contribution in [0.1, 0.15) is 38.8 Å². The molecule has 0 spiro atoms. The molecule has 1 aliphatic heterocycles. The van der Waals surface area contributed by atoms with Crippen molar-refractivity contribution in [3.05, 3.63) is 35.9 Å². The van der Waals surface area contributed by atoms with Crippen LogP contribution in [0.25, 0.3) is 0 Å². The molecular weight excluding hydrogens is 242 g/mol. The van der Waals surface area contributed by atoms with Gasteiger partial charge in [-0.05, 0) is 11.0 Å². The molecule has 0 aromatic heterocycles. The maximum atomic E-state index is 12.3. The molecule has 0 aliphatic carbocycles.